The van der Waals surface area contributed by atoms with Crippen LogP contribution in [-0.4, -0.2) is 35.2 Å². The number of hydrogen-bond donors (Lipinski definition) is 0. The summed E-state index contributed by atoms with van der Waals surface area (Å²) in [7, 11) is 19.3. The molecule has 0 atom stereocenters. The summed E-state index contributed by atoms with van der Waals surface area (Å²) in [6, 6.07) is 107. The number of rotatable bonds is 6. The SMILES string of the molecule is CC(C)(C)c1cc2c(-c3cccc4ccccc34)cccc2[cH-]1.CC(C)(C)c1cc2c(-c3cccc4ccccc34)cccc2[cH-]1.C[Si](C)(C)c1cc2c(-c3cccc4ccccc34)cccc2[cH-]1.C[Si](C)(C)c1cc2c(-c3cccc4ccccc34)cccc2[cH-]1.C[Si]C.C[Si]C.[Cl][Zr+2][Cl].[Cl][Zr+2][Cl]. The molecule has 524 valence electrons. The molecule has 0 aromatic heterocycles. The zero-order valence-corrected chi connectivity index (χ0v) is 75.2. The van der Waals surface area contributed by atoms with Crippen molar-refractivity contribution in [2.24, 2.45) is 0 Å². The molecule has 0 unspecified atom stereocenters. The topological polar surface area (TPSA) is 0 Å². The van der Waals surface area contributed by atoms with Crippen LogP contribution in [-0.2, 0) is 52.5 Å². The van der Waals surface area contributed by atoms with E-state index in [9.17, 15) is 0 Å². The second-order valence-corrected chi connectivity index (χ2v) is 50.1. The Kier molecular flexibility index (Phi) is 29.7. The van der Waals surface area contributed by atoms with Gasteiger partial charge in [0.05, 0.1) is 16.1 Å². The van der Waals surface area contributed by atoms with E-state index in [-0.39, 0.29) is 10.8 Å². The Morgan fingerprint density at radius 1 is 0.260 bits per heavy atom. The molecule has 0 saturated carbocycles. The van der Waals surface area contributed by atoms with Crippen LogP contribution in [0, 0.1) is 0 Å². The van der Waals surface area contributed by atoms with Crippen LogP contribution < -0.4 is 10.4 Å². The normalized spacial score (nSPS) is 11.3. The molecular weight excluding hydrogens is 1570 g/mol. The van der Waals surface area contributed by atoms with Gasteiger partial charge in [-0.25, -0.2) is 0 Å². The first kappa shape index (κ1) is 82.0. The van der Waals surface area contributed by atoms with E-state index in [2.05, 4.69) is 398 Å². The molecular formula is C94H96Cl4Si4Zr2. The Morgan fingerprint density at radius 3 is 0.663 bits per heavy atom. The van der Waals surface area contributed by atoms with Gasteiger partial charge in [0.15, 0.2) is 0 Å². The van der Waals surface area contributed by atoms with Crippen LogP contribution in [0.25, 0.3) is 131 Å². The Labute approximate surface area is 665 Å². The molecule has 0 aliphatic heterocycles. The van der Waals surface area contributed by atoms with Crippen molar-refractivity contribution in [1.82, 2.24) is 0 Å². The first-order chi connectivity index (χ1) is 49.8. The molecule has 0 amide bonds. The quantitative estimate of drug-likeness (QED) is 0.115. The van der Waals surface area contributed by atoms with Gasteiger partial charge in [-0.3, -0.25) is 0 Å². The molecule has 4 radical (unpaired) electrons. The molecule has 0 fully saturated rings. The van der Waals surface area contributed by atoms with Crippen molar-refractivity contribution in [2.45, 2.75) is 118 Å². The van der Waals surface area contributed by atoms with Gasteiger partial charge in [0.1, 0.15) is 0 Å². The maximum absolute atomic E-state index is 4.93. The fourth-order valence-corrected chi connectivity index (χ4v) is 15.8. The van der Waals surface area contributed by atoms with Gasteiger partial charge < -0.3 is 0 Å². The Bertz CT molecular complexity index is 4750. The van der Waals surface area contributed by atoms with Crippen LogP contribution in [0.3, 0.4) is 0 Å². The molecule has 0 N–H and O–H groups in total. The second-order valence-electron chi connectivity index (χ2n) is 30.5. The molecule has 0 nitrogen and oxygen atoms in total. The van der Waals surface area contributed by atoms with Gasteiger partial charge in [0.2, 0.25) is 0 Å². The molecule has 10 heteroatoms. The molecule has 0 aliphatic rings. The first-order valence-electron chi connectivity index (χ1n) is 35.6. The van der Waals surface area contributed by atoms with Gasteiger partial charge in [0.25, 0.3) is 0 Å². The van der Waals surface area contributed by atoms with Crippen LogP contribution in [0.4, 0.5) is 0 Å². The van der Waals surface area contributed by atoms with Crippen LogP contribution in [0.5, 0.6) is 0 Å². The summed E-state index contributed by atoms with van der Waals surface area (Å²) in [5, 5.41) is 24.5. The monoisotopic (exact) mass is 1660 g/mol. The minimum atomic E-state index is -1.29. The van der Waals surface area contributed by atoms with Crippen molar-refractivity contribution < 1.29 is 41.7 Å². The van der Waals surface area contributed by atoms with Gasteiger partial charge in [-0.05, 0) is 76.2 Å². The van der Waals surface area contributed by atoms with E-state index in [1.54, 1.807) is 10.4 Å². The molecule has 16 aromatic carbocycles. The van der Waals surface area contributed by atoms with Crippen molar-refractivity contribution in [3.8, 4) is 44.5 Å². The van der Waals surface area contributed by atoms with Gasteiger partial charge in [-0.1, -0.05) is 323 Å². The first-order valence-corrected chi connectivity index (χ1v) is 59.3. The molecule has 0 spiro atoms. The Morgan fingerprint density at radius 2 is 0.442 bits per heavy atom. The van der Waals surface area contributed by atoms with Crippen molar-refractivity contribution in [1.29, 1.82) is 0 Å². The average molecular weight is 1660 g/mol. The minimum absolute atomic E-state index is 0.176. The van der Waals surface area contributed by atoms with Crippen LogP contribution >= 0.6 is 34.1 Å². The summed E-state index contributed by atoms with van der Waals surface area (Å²) in [6.07, 6.45) is 0. The van der Waals surface area contributed by atoms with Gasteiger partial charge in [-0.15, -0.1) is 137 Å². The summed E-state index contributed by atoms with van der Waals surface area (Å²) in [5.41, 5.74) is 13.8. The van der Waals surface area contributed by atoms with Crippen molar-refractivity contribution >= 4 is 166 Å². The van der Waals surface area contributed by atoms with Gasteiger partial charge >= 0.3 is 75.7 Å². The predicted octanol–water partition coefficient (Wildman–Crippen LogP) is 29.5. The van der Waals surface area contributed by atoms with Crippen molar-refractivity contribution in [2.75, 3.05) is 0 Å². The van der Waals surface area contributed by atoms with E-state index in [1.807, 2.05) is 0 Å². The summed E-state index contributed by atoms with van der Waals surface area (Å²) in [6.45, 7) is 36.8. The van der Waals surface area contributed by atoms with Crippen molar-refractivity contribution in [3.05, 3.63) is 302 Å². The summed E-state index contributed by atoms with van der Waals surface area (Å²) in [4.78, 5) is 0. The van der Waals surface area contributed by atoms with E-state index >= 15 is 0 Å². The van der Waals surface area contributed by atoms with Crippen LogP contribution in [0.15, 0.2) is 291 Å². The van der Waals surface area contributed by atoms with E-state index in [1.165, 1.54) is 142 Å². The van der Waals surface area contributed by atoms with E-state index in [0.29, 0.717) is 0 Å². The zero-order valence-electron chi connectivity index (χ0n) is 63.2. The summed E-state index contributed by atoms with van der Waals surface area (Å²) >= 11 is -1.65. The van der Waals surface area contributed by atoms with Gasteiger partial charge in [0, 0.05) is 19.0 Å². The predicted molar refractivity (Wildman–Crippen MR) is 472 cm³/mol. The van der Waals surface area contributed by atoms with Crippen molar-refractivity contribution in [3.63, 3.8) is 0 Å². The third-order valence-corrected chi connectivity index (χ3v) is 22.8. The Hall–Kier alpha value is -6.09. The zero-order chi connectivity index (χ0) is 74.9. The molecule has 0 bridgehead atoms. The third-order valence-electron chi connectivity index (χ3n) is 18.8. The van der Waals surface area contributed by atoms with E-state index < -0.39 is 57.8 Å². The number of benzene rings is 12. The maximum atomic E-state index is 4.93. The van der Waals surface area contributed by atoms with E-state index in [0.717, 1.165) is 19.0 Å². The molecule has 16 aromatic rings. The van der Waals surface area contributed by atoms with E-state index in [4.69, 9.17) is 34.1 Å². The molecule has 16 rings (SSSR count). The average Bonchev–Trinajstić information content (AvgIpc) is 1.64. The van der Waals surface area contributed by atoms with Crippen LogP contribution in [0.1, 0.15) is 52.7 Å². The van der Waals surface area contributed by atoms with Gasteiger partial charge in [-0.2, -0.15) is 24.3 Å². The molecule has 0 saturated heterocycles. The number of fused-ring (bicyclic) bond motifs is 8. The molecule has 104 heavy (non-hydrogen) atoms. The summed E-state index contributed by atoms with van der Waals surface area (Å²) in [5.74, 6) is 0. The third kappa shape index (κ3) is 20.4. The molecule has 0 aliphatic carbocycles. The number of halogens is 4. The fourth-order valence-electron chi connectivity index (χ4n) is 13.5. The Balaban J connectivity index is 0.000000153. The number of hydrogen-bond acceptors (Lipinski definition) is 0. The fraction of sp³-hybridized carbons (Fsp3) is 0.191. The molecule has 0 heterocycles. The van der Waals surface area contributed by atoms with Crippen LogP contribution in [0.2, 0.25) is 65.5 Å². The summed E-state index contributed by atoms with van der Waals surface area (Å²) < 4.78 is 0. The standard InChI is InChI=1S/2C23H21.2C22H21Si.2C2H6Si.4ClH.2Zr/c4*1-23(2,3)18-14-17-10-7-13-21(22(17)15-18)20-12-6-9-16-8-4-5-11-19(16)20;2*1-3-2;;;;;;/h4*4-15H,1-3H3;2*1-2H3;4*1H;;/q4*-1;;;;;;;2*+4/p-4. The second kappa shape index (κ2) is 37.6.